The van der Waals surface area contributed by atoms with Crippen molar-refractivity contribution in [1.29, 1.82) is 0 Å². The van der Waals surface area contributed by atoms with E-state index in [1.165, 1.54) is 23.6 Å². The molecule has 0 aliphatic heterocycles. The number of fused-ring (bicyclic) bond motifs is 1. The highest BCUT2D eigenvalue weighted by Gasteiger charge is 2.08. The summed E-state index contributed by atoms with van der Waals surface area (Å²) in [5.74, 6) is 0. The van der Waals surface area contributed by atoms with E-state index in [1.807, 2.05) is 0 Å². The number of H-pyrrole nitrogens is 1. The second-order valence-corrected chi connectivity index (χ2v) is 4.45. The highest BCUT2D eigenvalue weighted by molar-refractivity contribution is 5.85. The first-order chi connectivity index (χ1) is 8.61. The van der Waals surface area contributed by atoms with Gasteiger partial charge in [-0.1, -0.05) is 11.6 Å². The van der Waals surface area contributed by atoms with Crippen molar-refractivity contribution in [1.82, 2.24) is 10.3 Å². The smallest absolute Gasteiger partial charge is 0.406 e. The molecule has 0 aliphatic rings. The summed E-state index contributed by atoms with van der Waals surface area (Å²) in [5.41, 5.74) is 4.79. The van der Waals surface area contributed by atoms with Gasteiger partial charge < -0.3 is 15.0 Å². The summed E-state index contributed by atoms with van der Waals surface area (Å²) in [5, 5.41) is 3.94. The van der Waals surface area contributed by atoms with Gasteiger partial charge in [0, 0.05) is 23.1 Å². The molecule has 0 spiro atoms. The molecule has 96 valence electrons. The second kappa shape index (κ2) is 5.12. The summed E-state index contributed by atoms with van der Waals surface area (Å²) in [6.07, 6.45) is 0.411. The number of nitrogens with one attached hydrogen (secondary N) is 2. The fourth-order valence-electron chi connectivity index (χ4n) is 2.18. The van der Waals surface area contributed by atoms with Crippen molar-refractivity contribution in [3.8, 4) is 0 Å². The monoisotopic (exact) mass is 246 g/mol. The lowest BCUT2D eigenvalue weighted by atomic mass is 10.1. The number of aromatic nitrogens is 1. The van der Waals surface area contributed by atoms with Crippen molar-refractivity contribution >= 4 is 17.0 Å². The zero-order chi connectivity index (χ0) is 13.1. The Morgan fingerprint density at radius 3 is 2.89 bits per heavy atom. The number of carbonyl (C=O) groups excluding carboxylic acids is 1. The van der Waals surface area contributed by atoms with Crippen molar-refractivity contribution in [3.05, 3.63) is 35.0 Å². The van der Waals surface area contributed by atoms with Crippen LogP contribution in [-0.2, 0) is 11.2 Å². The van der Waals surface area contributed by atoms with Crippen LogP contribution >= 0.6 is 0 Å². The molecule has 0 bridgehead atoms. The molecular weight excluding hydrogens is 228 g/mol. The van der Waals surface area contributed by atoms with Crippen molar-refractivity contribution in [2.75, 3.05) is 13.7 Å². The Morgan fingerprint density at radius 1 is 1.39 bits per heavy atom. The Labute approximate surface area is 106 Å². The maximum Gasteiger partial charge on any atom is 0.406 e. The van der Waals surface area contributed by atoms with Gasteiger partial charge in [0.15, 0.2) is 0 Å². The third-order valence-corrected chi connectivity index (χ3v) is 3.10. The van der Waals surface area contributed by atoms with Crippen LogP contribution < -0.4 is 5.32 Å². The molecule has 4 heteroatoms. The molecule has 1 amide bonds. The van der Waals surface area contributed by atoms with E-state index in [9.17, 15) is 4.79 Å². The van der Waals surface area contributed by atoms with Crippen molar-refractivity contribution in [2.45, 2.75) is 20.3 Å². The maximum absolute atomic E-state index is 11.0. The van der Waals surface area contributed by atoms with Gasteiger partial charge in [0.1, 0.15) is 0 Å². The number of ether oxygens (including phenoxy) is 1. The number of hydrogen-bond acceptors (Lipinski definition) is 2. The minimum absolute atomic E-state index is 0.385. The number of rotatable bonds is 3. The number of methoxy groups -OCH3 is 1. The Bertz CT molecular complexity index is 572. The Hall–Kier alpha value is -1.97. The third kappa shape index (κ3) is 2.47. The molecule has 2 rings (SSSR count). The topological polar surface area (TPSA) is 54.1 Å². The second-order valence-electron chi connectivity index (χ2n) is 4.45. The molecule has 18 heavy (non-hydrogen) atoms. The minimum Gasteiger partial charge on any atom is -0.453 e. The Kier molecular flexibility index (Phi) is 3.55. The van der Waals surface area contributed by atoms with Gasteiger partial charge in [-0.05, 0) is 38.0 Å². The molecular formula is C14H18N2O2. The first kappa shape index (κ1) is 12.5. The fourth-order valence-corrected chi connectivity index (χ4v) is 2.18. The number of amides is 1. The average Bonchev–Trinajstić information content (AvgIpc) is 2.65. The van der Waals surface area contributed by atoms with Gasteiger partial charge in [0.2, 0.25) is 0 Å². The average molecular weight is 246 g/mol. The molecule has 0 radical (unpaired) electrons. The number of hydrogen-bond donors (Lipinski definition) is 2. The standard InChI is InChI=1S/C14H18N2O2/c1-9-4-5-13-12(8-9)11(10(2)16-13)6-7-15-14(17)18-3/h4-5,8,16H,6-7H2,1-3H3,(H,15,17). The molecule has 4 nitrogen and oxygen atoms in total. The first-order valence-electron chi connectivity index (χ1n) is 6.01. The van der Waals surface area contributed by atoms with Gasteiger partial charge in [-0.25, -0.2) is 4.79 Å². The van der Waals surface area contributed by atoms with Gasteiger partial charge in [0.05, 0.1) is 7.11 Å². The van der Waals surface area contributed by atoms with E-state index in [0.717, 1.165) is 17.6 Å². The summed E-state index contributed by atoms with van der Waals surface area (Å²) in [4.78, 5) is 14.4. The van der Waals surface area contributed by atoms with Crippen LogP contribution in [0.3, 0.4) is 0 Å². The van der Waals surface area contributed by atoms with Crippen LogP contribution in [-0.4, -0.2) is 24.7 Å². The number of aryl methyl sites for hydroxylation is 2. The zero-order valence-corrected chi connectivity index (χ0v) is 11.0. The van der Waals surface area contributed by atoms with Crippen LogP contribution in [0.1, 0.15) is 16.8 Å². The molecule has 1 aromatic heterocycles. The highest BCUT2D eigenvalue weighted by atomic mass is 16.5. The maximum atomic E-state index is 11.0. The van der Waals surface area contributed by atoms with Gasteiger partial charge >= 0.3 is 6.09 Å². The summed E-state index contributed by atoms with van der Waals surface area (Å²) in [6, 6.07) is 6.36. The number of carbonyl (C=O) groups is 1. The van der Waals surface area contributed by atoms with Gasteiger partial charge in [0.25, 0.3) is 0 Å². The highest BCUT2D eigenvalue weighted by Crippen LogP contribution is 2.23. The third-order valence-electron chi connectivity index (χ3n) is 3.10. The van der Waals surface area contributed by atoms with Gasteiger partial charge in [-0.2, -0.15) is 0 Å². The molecule has 0 aliphatic carbocycles. The van der Waals surface area contributed by atoms with Crippen molar-refractivity contribution < 1.29 is 9.53 Å². The summed E-state index contributed by atoms with van der Waals surface area (Å²) in [6.45, 7) is 4.72. The van der Waals surface area contributed by atoms with E-state index in [-0.39, 0.29) is 6.09 Å². The summed E-state index contributed by atoms with van der Waals surface area (Å²) in [7, 11) is 1.37. The fraction of sp³-hybridized carbons (Fsp3) is 0.357. The number of benzene rings is 1. The molecule has 2 N–H and O–H groups in total. The van der Waals surface area contributed by atoms with E-state index in [4.69, 9.17) is 0 Å². The van der Waals surface area contributed by atoms with Crippen LogP contribution in [0.4, 0.5) is 4.79 Å². The lowest BCUT2D eigenvalue weighted by molar-refractivity contribution is 0.171. The molecule has 1 aromatic carbocycles. The van der Waals surface area contributed by atoms with Crippen LogP contribution in [0.15, 0.2) is 18.2 Å². The number of alkyl carbamates (subject to hydrolysis) is 1. The lowest BCUT2D eigenvalue weighted by Crippen LogP contribution is -2.25. The molecule has 1 heterocycles. The largest absolute Gasteiger partial charge is 0.453 e. The summed E-state index contributed by atoms with van der Waals surface area (Å²) < 4.78 is 4.55. The van der Waals surface area contributed by atoms with Crippen LogP contribution in [0.5, 0.6) is 0 Å². The summed E-state index contributed by atoms with van der Waals surface area (Å²) >= 11 is 0. The number of aromatic amines is 1. The molecule has 0 fully saturated rings. The van der Waals surface area contributed by atoms with E-state index < -0.39 is 0 Å². The first-order valence-corrected chi connectivity index (χ1v) is 6.01. The van der Waals surface area contributed by atoms with E-state index >= 15 is 0 Å². The Balaban J connectivity index is 2.19. The van der Waals surface area contributed by atoms with Gasteiger partial charge in [-0.3, -0.25) is 0 Å². The van der Waals surface area contributed by atoms with E-state index in [1.54, 1.807) is 0 Å². The van der Waals surface area contributed by atoms with Crippen LogP contribution in [0.2, 0.25) is 0 Å². The normalized spacial score (nSPS) is 10.6. The predicted octanol–water partition coefficient (Wildman–Crippen LogP) is 2.68. The lowest BCUT2D eigenvalue weighted by Gasteiger charge is -2.04. The van der Waals surface area contributed by atoms with Crippen molar-refractivity contribution in [2.24, 2.45) is 0 Å². The van der Waals surface area contributed by atoms with E-state index in [2.05, 4.69) is 47.1 Å². The van der Waals surface area contributed by atoms with Crippen LogP contribution in [0.25, 0.3) is 10.9 Å². The van der Waals surface area contributed by atoms with Gasteiger partial charge in [-0.15, -0.1) is 0 Å². The zero-order valence-electron chi connectivity index (χ0n) is 11.0. The molecule has 0 saturated heterocycles. The SMILES string of the molecule is COC(=O)NCCc1c(C)[nH]c2ccc(C)cc12. The van der Waals surface area contributed by atoms with Crippen LogP contribution in [0, 0.1) is 13.8 Å². The quantitative estimate of drug-likeness (QED) is 0.874. The Morgan fingerprint density at radius 2 is 2.17 bits per heavy atom. The molecule has 0 saturated carbocycles. The predicted molar refractivity (Wildman–Crippen MR) is 71.9 cm³/mol. The molecule has 2 aromatic rings. The molecule has 0 atom stereocenters. The van der Waals surface area contributed by atoms with Crippen molar-refractivity contribution in [3.63, 3.8) is 0 Å². The molecule has 0 unspecified atom stereocenters. The van der Waals surface area contributed by atoms with E-state index in [0.29, 0.717) is 6.54 Å². The minimum atomic E-state index is -0.385.